The van der Waals surface area contributed by atoms with E-state index in [9.17, 15) is 8.42 Å². The van der Waals surface area contributed by atoms with E-state index >= 15 is 0 Å². The van der Waals surface area contributed by atoms with Crippen LogP contribution >= 0.6 is 11.3 Å². The molecule has 0 unspecified atom stereocenters. The first-order chi connectivity index (χ1) is 18.0. The lowest BCUT2D eigenvalue weighted by atomic mass is 10.2. The lowest BCUT2D eigenvalue weighted by Crippen LogP contribution is -2.37. The Kier molecular flexibility index (Phi) is 9.55. The largest absolute Gasteiger partial charge is 0.497 e. The van der Waals surface area contributed by atoms with E-state index in [1.807, 2.05) is 50.2 Å². The molecule has 0 atom stereocenters. The Bertz CT molecular complexity index is 1310. The van der Waals surface area contributed by atoms with Gasteiger partial charge in [0.15, 0.2) is 4.80 Å². The van der Waals surface area contributed by atoms with Gasteiger partial charge >= 0.3 is 0 Å². The van der Waals surface area contributed by atoms with Crippen LogP contribution in [0.5, 0.6) is 5.75 Å². The number of morpholine rings is 1. The molecule has 1 fully saturated rings. The quantitative estimate of drug-likeness (QED) is 0.362. The van der Waals surface area contributed by atoms with E-state index in [4.69, 9.17) is 14.5 Å². The summed E-state index contributed by atoms with van der Waals surface area (Å²) in [7, 11) is -1.84. The smallest absolute Gasteiger partial charge is 0.243 e. The minimum atomic E-state index is -3.49. The summed E-state index contributed by atoms with van der Waals surface area (Å²) < 4.78 is 40.3. The zero-order chi connectivity index (χ0) is 26.3. The minimum Gasteiger partial charge on any atom is -0.497 e. The Labute approximate surface area is 223 Å². The van der Waals surface area contributed by atoms with Gasteiger partial charge in [-0.25, -0.2) is 13.4 Å². The van der Waals surface area contributed by atoms with Crippen molar-refractivity contribution in [2.75, 3.05) is 53.0 Å². The molecule has 2 aromatic carbocycles. The average Bonchev–Trinajstić information content (AvgIpc) is 3.32. The first kappa shape index (κ1) is 27.5. The highest BCUT2D eigenvalue weighted by Crippen LogP contribution is 2.25. The van der Waals surface area contributed by atoms with Gasteiger partial charge in [0.25, 0.3) is 0 Å². The first-order valence-corrected chi connectivity index (χ1v) is 15.1. The third-order valence-electron chi connectivity index (χ3n) is 6.55. The summed E-state index contributed by atoms with van der Waals surface area (Å²) in [5, 5.41) is 2.10. The lowest BCUT2D eigenvalue weighted by Gasteiger charge is -2.26. The van der Waals surface area contributed by atoms with E-state index < -0.39 is 10.0 Å². The summed E-state index contributed by atoms with van der Waals surface area (Å²) in [5.41, 5.74) is 2.86. The summed E-state index contributed by atoms with van der Waals surface area (Å²) in [5.74, 6) is 0.795. The number of aromatic nitrogens is 1. The average molecular weight is 545 g/mol. The summed E-state index contributed by atoms with van der Waals surface area (Å²) >= 11 is 1.59. The molecule has 37 heavy (non-hydrogen) atoms. The van der Waals surface area contributed by atoms with E-state index in [-0.39, 0.29) is 0 Å². The molecule has 0 spiro atoms. The molecule has 0 radical (unpaired) electrons. The molecule has 8 nitrogen and oxygen atoms in total. The number of methoxy groups -OCH3 is 1. The van der Waals surface area contributed by atoms with Crippen LogP contribution in [0.4, 0.5) is 5.69 Å². The van der Waals surface area contributed by atoms with Gasteiger partial charge < -0.3 is 14.0 Å². The van der Waals surface area contributed by atoms with Gasteiger partial charge in [-0.05, 0) is 48.4 Å². The number of hydrogen-bond donors (Lipinski definition) is 0. The van der Waals surface area contributed by atoms with E-state index in [0.29, 0.717) is 18.0 Å². The first-order valence-electron chi connectivity index (χ1n) is 12.7. The predicted octanol–water partition coefficient (Wildman–Crippen LogP) is 4.21. The summed E-state index contributed by atoms with van der Waals surface area (Å²) in [6, 6.07) is 14.9. The van der Waals surface area contributed by atoms with Crippen LogP contribution in [0.25, 0.3) is 11.3 Å². The van der Waals surface area contributed by atoms with Gasteiger partial charge in [-0.1, -0.05) is 26.0 Å². The second-order valence-corrected chi connectivity index (χ2v) is 11.6. The molecule has 1 saturated heterocycles. The standard InChI is InChI=1S/C27H36N4O4S2/c1-4-30(5-2)37(32,33)25-13-7-22(8-14-25)26-21-36-27(28-23-9-11-24(34-3)12-10-23)31(26)16-6-15-29-17-19-35-20-18-29/h7-14,21H,4-6,15-20H2,1-3H3. The lowest BCUT2D eigenvalue weighted by molar-refractivity contribution is 0.0369. The molecule has 1 aliphatic heterocycles. The zero-order valence-electron chi connectivity index (χ0n) is 21.8. The normalized spacial score (nSPS) is 15.4. The molecule has 1 aliphatic rings. The second kappa shape index (κ2) is 12.8. The van der Waals surface area contributed by atoms with E-state index in [0.717, 1.165) is 73.3 Å². The molecule has 1 aromatic heterocycles. The fourth-order valence-corrected chi connectivity index (χ4v) is 6.83. The third-order valence-corrected chi connectivity index (χ3v) is 9.48. The number of thiazole rings is 1. The molecule has 3 aromatic rings. The zero-order valence-corrected chi connectivity index (χ0v) is 23.4. The molecule has 10 heteroatoms. The van der Waals surface area contributed by atoms with Crippen molar-refractivity contribution >= 4 is 27.0 Å². The number of hydrogen-bond acceptors (Lipinski definition) is 7. The molecule has 0 bridgehead atoms. The molecule has 0 aliphatic carbocycles. The maximum absolute atomic E-state index is 12.9. The van der Waals surface area contributed by atoms with Crippen LogP contribution in [0.15, 0.2) is 63.8 Å². The molecule has 200 valence electrons. The Hall–Kier alpha value is -2.50. The van der Waals surface area contributed by atoms with Crippen molar-refractivity contribution in [1.82, 2.24) is 13.8 Å². The molecule has 4 rings (SSSR count). The van der Waals surface area contributed by atoms with Crippen LogP contribution in [-0.2, 0) is 21.3 Å². The van der Waals surface area contributed by atoms with Gasteiger partial charge in [0.2, 0.25) is 10.0 Å². The molecule has 2 heterocycles. The van der Waals surface area contributed by atoms with Gasteiger partial charge in [-0.3, -0.25) is 4.90 Å². The van der Waals surface area contributed by atoms with Crippen molar-refractivity contribution in [1.29, 1.82) is 0 Å². The number of benzene rings is 2. The van der Waals surface area contributed by atoms with Gasteiger partial charge in [0.1, 0.15) is 5.75 Å². The Morgan fingerprint density at radius 2 is 1.68 bits per heavy atom. The fourth-order valence-electron chi connectivity index (χ4n) is 4.42. The van der Waals surface area contributed by atoms with Crippen LogP contribution in [0.2, 0.25) is 0 Å². The SMILES string of the molecule is CCN(CC)S(=O)(=O)c1ccc(-c2csc(=Nc3ccc(OC)cc3)n2CCCN2CCOCC2)cc1. The van der Waals surface area contributed by atoms with E-state index in [2.05, 4.69) is 14.8 Å². The predicted molar refractivity (Wildman–Crippen MR) is 148 cm³/mol. The number of ether oxygens (including phenoxy) is 2. The minimum absolute atomic E-state index is 0.317. The van der Waals surface area contributed by atoms with Gasteiger partial charge in [-0.2, -0.15) is 4.31 Å². The summed E-state index contributed by atoms with van der Waals surface area (Å²) in [4.78, 5) is 8.58. The molecule has 0 amide bonds. The highest BCUT2D eigenvalue weighted by molar-refractivity contribution is 7.89. The molecular weight excluding hydrogens is 508 g/mol. The summed E-state index contributed by atoms with van der Waals surface area (Å²) in [6.45, 7) is 9.92. The van der Waals surface area contributed by atoms with Crippen LogP contribution in [0.3, 0.4) is 0 Å². The Balaban J connectivity index is 1.64. The highest BCUT2D eigenvalue weighted by Gasteiger charge is 2.21. The van der Waals surface area contributed by atoms with Crippen molar-refractivity contribution in [2.24, 2.45) is 4.99 Å². The summed E-state index contributed by atoms with van der Waals surface area (Å²) in [6.07, 6.45) is 0.980. The van der Waals surface area contributed by atoms with Crippen LogP contribution in [0.1, 0.15) is 20.3 Å². The van der Waals surface area contributed by atoms with Gasteiger partial charge in [0, 0.05) is 44.6 Å². The van der Waals surface area contributed by atoms with Crippen molar-refractivity contribution < 1.29 is 17.9 Å². The highest BCUT2D eigenvalue weighted by atomic mass is 32.2. The van der Waals surface area contributed by atoms with E-state index in [1.165, 1.54) is 4.31 Å². The van der Waals surface area contributed by atoms with Crippen molar-refractivity contribution in [3.63, 3.8) is 0 Å². The Morgan fingerprint density at radius 3 is 2.30 bits per heavy atom. The second-order valence-electron chi connectivity index (χ2n) is 8.79. The maximum atomic E-state index is 12.9. The number of rotatable bonds is 11. The van der Waals surface area contributed by atoms with E-state index in [1.54, 1.807) is 30.6 Å². The molecule has 0 N–H and O–H groups in total. The van der Waals surface area contributed by atoms with Crippen molar-refractivity contribution in [3.8, 4) is 17.0 Å². The number of sulfonamides is 1. The fraction of sp³-hybridized carbons (Fsp3) is 0.444. The number of nitrogens with zero attached hydrogens (tertiary/aromatic N) is 4. The maximum Gasteiger partial charge on any atom is 0.243 e. The van der Waals surface area contributed by atoms with Gasteiger partial charge in [-0.15, -0.1) is 11.3 Å². The molecular formula is C27H36N4O4S2. The van der Waals surface area contributed by atoms with Crippen LogP contribution < -0.4 is 9.54 Å². The third kappa shape index (κ3) is 6.69. The topological polar surface area (TPSA) is 76.4 Å². The van der Waals surface area contributed by atoms with Crippen molar-refractivity contribution in [3.05, 3.63) is 58.7 Å². The van der Waals surface area contributed by atoms with Crippen LogP contribution in [-0.4, -0.2) is 75.2 Å². The monoisotopic (exact) mass is 544 g/mol. The van der Waals surface area contributed by atoms with Crippen molar-refractivity contribution in [2.45, 2.75) is 31.7 Å². The van der Waals surface area contributed by atoms with Crippen LogP contribution in [0, 0.1) is 0 Å². The van der Waals surface area contributed by atoms with Gasteiger partial charge in [0.05, 0.1) is 36.6 Å². The Morgan fingerprint density at radius 1 is 1.00 bits per heavy atom. The molecule has 0 saturated carbocycles.